The Bertz CT molecular complexity index is 436. The molecule has 0 bridgehead atoms. The van der Waals surface area contributed by atoms with Gasteiger partial charge >= 0.3 is 5.97 Å². The number of thioether (sulfide) groups is 1. The number of amides is 1. The third-order valence-electron chi connectivity index (χ3n) is 3.00. The minimum absolute atomic E-state index is 0.0174. The molecule has 0 fully saturated rings. The molecule has 0 radical (unpaired) electrons. The normalized spacial score (nSPS) is 11.9. The topological polar surface area (TPSA) is 57.6 Å². The van der Waals surface area contributed by atoms with E-state index in [-0.39, 0.29) is 12.5 Å². The van der Waals surface area contributed by atoms with Crippen LogP contribution in [0.5, 0.6) is 0 Å². The Morgan fingerprint density at radius 2 is 1.95 bits per heavy atom. The summed E-state index contributed by atoms with van der Waals surface area (Å²) in [4.78, 5) is 24.1. The number of carbonyl (C=O) groups excluding carboxylic acids is 1. The second kappa shape index (κ2) is 8.64. The van der Waals surface area contributed by atoms with Gasteiger partial charge < -0.3 is 10.0 Å². The largest absolute Gasteiger partial charge is 0.481 e. The maximum Gasteiger partial charge on any atom is 0.308 e. The van der Waals surface area contributed by atoms with E-state index in [9.17, 15) is 9.59 Å². The standard InChI is InChI=1S/C15H21NO3S/c1-12(15(18)19)10-16(2)14(17)11-20-9-8-13-6-4-3-5-7-13/h3-7,12H,8-11H2,1-2H3,(H,18,19). The van der Waals surface area contributed by atoms with Crippen LogP contribution in [0.2, 0.25) is 0 Å². The highest BCUT2D eigenvalue weighted by molar-refractivity contribution is 7.99. The molecule has 0 aliphatic heterocycles. The lowest BCUT2D eigenvalue weighted by Crippen LogP contribution is -2.34. The smallest absolute Gasteiger partial charge is 0.308 e. The molecule has 1 unspecified atom stereocenters. The molecular formula is C15H21NO3S. The van der Waals surface area contributed by atoms with Crippen molar-refractivity contribution in [2.75, 3.05) is 25.1 Å². The lowest BCUT2D eigenvalue weighted by molar-refractivity contribution is -0.142. The highest BCUT2D eigenvalue weighted by atomic mass is 32.2. The second-order valence-electron chi connectivity index (χ2n) is 4.80. The van der Waals surface area contributed by atoms with Gasteiger partial charge in [-0.15, -0.1) is 0 Å². The monoisotopic (exact) mass is 295 g/mol. The van der Waals surface area contributed by atoms with Gasteiger partial charge in [-0.1, -0.05) is 37.3 Å². The molecule has 110 valence electrons. The summed E-state index contributed by atoms with van der Waals surface area (Å²) in [7, 11) is 1.65. The molecule has 5 heteroatoms. The molecule has 0 aromatic heterocycles. The number of carboxylic acids is 1. The molecule has 0 spiro atoms. The summed E-state index contributed by atoms with van der Waals surface area (Å²) in [6.07, 6.45) is 0.939. The van der Waals surface area contributed by atoms with Crippen LogP contribution >= 0.6 is 11.8 Å². The molecule has 1 aromatic carbocycles. The lowest BCUT2D eigenvalue weighted by atomic mass is 10.2. The molecule has 0 aliphatic carbocycles. The fraction of sp³-hybridized carbons (Fsp3) is 0.467. The van der Waals surface area contributed by atoms with E-state index in [1.807, 2.05) is 18.2 Å². The summed E-state index contributed by atoms with van der Waals surface area (Å²) < 4.78 is 0. The predicted octanol–water partition coefficient (Wildman–Crippen LogP) is 2.14. The Labute approximate surface area is 124 Å². The van der Waals surface area contributed by atoms with Gasteiger partial charge in [0.15, 0.2) is 0 Å². The van der Waals surface area contributed by atoms with Crippen LogP contribution in [-0.2, 0) is 16.0 Å². The van der Waals surface area contributed by atoms with Gasteiger partial charge in [-0.05, 0) is 17.7 Å². The van der Waals surface area contributed by atoms with Crippen molar-refractivity contribution in [3.63, 3.8) is 0 Å². The molecule has 0 aliphatic rings. The van der Waals surface area contributed by atoms with E-state index in [0.717, 1.165) is 12.2 Å². The van der Waals surface area contributed by atoms with Crippen LogP contribution in [0.4, 0.5) is 0 Å². The first-order chi connectivity index (χ1) is 9.50. The van der Waals surface area contributed by atoms with E-state index in [1.54, 1.807) is 25.7 Å². The van der Waals surface area contributed by atoms with E-state index < -0.39 is 11.9 Å². The molecular weight excluding hydrogens is 274 g/mol. The first-order valence-electron chi connectivity index (χ1n) is 6.59. The number of hydrogen-bond donors (Lipinski definition) is 1. The quantitative estimate of drug-likeness (QED) is 0.747. The van der Waals surface area contributed by atoms with Crippen molar-refractivity contribution in [2.45, 2.75) is 13.3 Å². The Balaban J connectivity index is 2.21. The molecule has 1 atom stereocenters. The summed E-state index contributed by atoms with van der Waals surface area (Å²) in [5, 5.41) is 8.81. The maximum atomic E-state index is 11.8. The van der Waals surface area contributed by atoms with Crippen molar-refractivity contribution >= 4 is 23.6 Å². The molecule has 0 saturated carbocycles. The molecule has 1 aromatic rings. The van der Waals surface area contributed by atoms with Crippen molar-refractivity contribution in [1.82, 2.24) is 4.90 Å². The minimum Gasteiger partial charge on any atom is -0.481 e. The van der Waals surface area contributed by atoms with E-state index >= 15 is 0 Å². The van der Waals surface area contributed by atoms with E-state index in [2.05, 4.69) is 12.1 Å². The molecule has 1 amide bonds. The van der Waals surface area contributed by atoms with Gasteiger partial charge in [0.2, 0.25) is 5.91 Å². The number of hydrogen-bond acceptors (Lipinski definition) is 3. The number of carboxylic acid groups (broad SMARTS) is 1. The molecule has 0 heterocycles. The Hall–Kier alpha value is -1.49. The number of nitrogens with zero attached hydrogens (tertiary/aromatic N) is 1. The highest BCUT2D eigenvalue weighted by Gasteiger charge is 2.16. The minimum atomic E-state index is -0.874. The van der Waals surface area contributed by atoms with Gasteiger partial charge in [0.25, 0.3) is 0 Å². The maximum absolute atomic E-state index is 11.8. The number of benzene rings is 1. The van der Waals surface area contributed by atoms with E-state index in [4.69, 9.17) is 5.11 Å². The molecule has 0 saturated heterocycles. The third kappa shape index (κ3) is 6.10. The Morgan fingerprint density at radius 1 is 1.30 bits per heavy atom. The Kier molecular flexibility index (Phi) is 7.15. The summed E-state index contributed by atoms with van der Waals surface area (Å²) in [5.74, 6) is -0.135. The van der Waals surface area contributed by atoms with Gasteiger partial charge in [-0.25, -0.2) is 0 Å². The number of aryl methyl sites for hydroxylation is 1. The van der Waals surface area contributed by atoms with Crippen molar-refractivity contribution in [2.24, 2.45) is 5.92 Å². The SMILES string of the molecule is CC(CN(C)C(=O)CSCCc1ccccc1)C(=O)O. The van der Waals surface area contributed by atoms with Crippen LogP contribution < -0.4 is 0 Å². The first-order valence-corrected chi connectivity index (χ1v) is 7.74. The summed E-state index contributed by atoms with van der Waals surface area (Å²) in [6, 6.07) is 10.1. The van der Waals surface area contributed by atoms with E-state index in [0.29, 0.717) is 5.75 Å². The van der Waals surface area contributed by atoms with Gasteiger partial charge in [0.05, 0.1) is 11.7 Å². The zero-order valence-corrected chi connectivity index (χ0v) is 12.7. The number of carbonyl (C=O) groups is 2. The van der Waals surface area contributed by atoms with Crippen LogP contribution in [0, 0.1) is 5.92 Å². The van der Waals surface area contributed by atoms with Crippen LogP contribution in [0.1, 0.15) is 12.5 Å². The van der Waals surface area contributed by atoms with Gasteiger partial charge in [0, 0.05) is 13.6 Å². The van der Waals surface area contributed by atoms with Gasteiger partial charge in [-0.2, -0.15) is 11.8 Å². The molecule has 1 rings (SSSR count). The van der Waals surface area contributed by atoms with E-state index in [1.165, 1.54) is 10.5 Å². The van der Waals surface area contributed by atoms with Crippen molar-refractivity contribution in [3.05, 3.63) is 35.9 Å². The van der Waals surface area contributed by atoms with Crippen molar-refractivity contribution in [1.29, 1.82) is 0 Å². The van der Waals surface area contributed by atoms with Crippen LogP contribution in [0.15, 0.2) is 30.3 Å². The summed E-state index contributed by atoms with van der Waals surface area (Å²) >= 11 is 1.58. The third-order valence-corrected chi connectivity index (χ3v) is 3.94. The second-order valence-corrected chi connectivity index (χ2v) is 5.91. The molecule has 1 N–H and O–H groups in total. The van der Waals surface area contributed by atoms with Crippen LogP contribution in [0.3, 0.4) is 0 Å². The summed E-state index contributed by atoms with van der Waals surface area (Å²) in [6.45, 7) is 1.86. The zero-order chi connectivity index (χ0) is 15.0. The summed E-state index contributed by atoms with van der Waals surface area (Å²) in [5.41, 5.74) is 1.26. The van der Waals surface area contributed by atoms with Crippen LogP contribution in [-0.4, -0.2) is 47.0 Å². The van der Waals surface area contributed by atoms with Gasteiger partial charge in [0.1, 0.15) is 0 Å². The Morgan fingerprint density at radius 3 is 2.55 bits per heavy atom. The first kappa shape index (κ1) is 16.6. The number of aliphatic carboxylic acids is 1. The lowest BCUT2D eigenvalue weighted by Gasteiger charge is -2.19. The fourth-order valence-corrected chi connectivity index (χ4v) is 2.61. The molecule has 4 nitrogen and oxygen atoms in total. The highest BCUT2D eigenvalue weighted by Crippen LogP contribution is 2.08. The van der Waals surface area contributed by atoms with Gasteiger partial charge in [-0.3, -0.25) is 9.59 Å². The predicted molar refractivity (Wildman–Crippen MR) is 81.9 cm³/mol. The average Bonchev–Trinajstić information content (AvgIpc) is 2.44. The average molecular weight is 295 g/mol. The molecule has 20 heavy (non-hydrogen) atoms. The van der Waals surface area contributed by atoms with Crippen molar-refractivity contribution < 1.29 is 14.7 Å². The fourth-order valence-electron chi connectivity index (χ4n) is 1.70. The zero-order valence-electron chi connectivity index (χ0n) is 11.9. The number of rotatable bonds is 8. The van der Waals surface area contributed by atoms with Crippen molar-refractivity contribution in [3.8, 4) is 0 Å². The van der Waals surface area contributed by atoms with Crippen LogP contribution in [0.25, 0.3) is 0 Å².